The van der Waals surface area contributed by atoms with Crippen molar-refractivity contribution in [1.29, 1.82) is 0 Å². The Morgan fingerprint density at radius 1 is 1.04 bits per heavy atom. The van der Waals surface area contributed by atoms with Gasteiger partial charge in [-0.05, 0) is 37.4 Å². The maximum Gasteiger partial charge on any atom is 0.208 e. The number of fused-ring (bicyclic) bond motifs is 1. The van der Waals surface area contributed by atoms with Crippen molar-refractivity contribution in [3.05, 3.63) is 66.5 Å². The molecule has 0 saturated heterocycles. The number of imidazole rings is 1. The molecule has 0 atom stereocenters. The van der Waals surface area contributed by atoms with E-state index in [1.54, 1.807) is 6.20 Å². The Hall–Kier alpha value is -3.32. The van der Waals surface area contributed by atoms with E-state index in [2.05, 4.69) is 47.7 Å². The van der Waals surface area contributed by atoms with Crippen molar-refractivity contribution < 1.29 is 4.74 Å². The van der Waals surface area contributed by atoms with E-state index in [4.69, 9.17) is 9.72 Å². The zero-order valence-electron chi connectivity index (χ0n) is 16.2. The van der Waals surface area contributed by atoms with Crippen LogP contribution in [0.15, 0.2) is 60.8 Å². The molecule has 0 fully saturated rings. The number of pyridine rings is 1. The van der Waals surface area contributed by atoms with Crippen molar-refractivity contribution >= 4 is 36.0 Å². The van der Waals surface area contributed by atoms with Crippen LogP contribution in [-0.2, 0) is 13.6 Å². The fourth-order valence-electron chi connectivity index (χ4n) is 3.05. The molecular weight excluding hydrogens is 349 g/mol. The van der Waals surface area contributed by atoms with Gasteiger partial charge in [-0.3, -0.25) is 4.98 Å². The number of nitrogens with one attached hydrogen (secondary N) is 2. The number of ether oxygens (including phenoxy) is 1. The van der Waals surface area contributed by atoms with Gasteiger partial charge in [0, 0.05) is 37.6 Å². The second-order valence-corrected chi connectivity index (χ2v) is 6.75. The van der Waals surface area contributed by atoms with Crippen molar-refractivity contribution in [1.82, 2.24) is 19.9 Å². The van der Waals surface area contributed by atoms with Crippen LogP contribution < -0.4 is 20.8 Å². The molecule has 0 aliphatic rings. The van der Waals surface area contributed by atoms with E-state index < -0.39 is 0 Å². The highest BCUT2D eigenvalue weighted by Crippen LogP contribution is 2.28. The Morgan fingerprint density at radius 3 is 2.61 bits per heavy atom. The van der Waals surface area contributed by atoms with Crippen molar-refractivity contribution in [2.24, 2.45) is 7.05 Å². The molecule has 28 heavy (non-hydrogen) atoms. The van der Waals surface area contributed by atoms with Gasteiger partial charge >= 0.3 is 0 Å². The Morgan fingerprint density at radius 2 is 1.82 bits per heavy atom. The quantitative estimate of drug-likeness (QED) is 0.510. The van der Waals surface area contributed by atoms with Crippen LogP contribution in [0.25, 0.3) is 11.0 Å². The van der Waals surface area contributed by atoms with E-state index >= 15 is 0 Å². The summed E-state index contributed by atoms with van der Waals surface area (Å²) in [4.78, 5) is 9.04. The maximum atomic E-state index is 6.02. The summed E-state index contributed by atoms with van der Waals surface area (Å²) >= 11 is 0. The fraction of sp³-hybridized carbons (Fsp3) is 0.143. The number of hydrogen-bond acceptors (Lipinski definition) is 5. The highest BCUT2D eigenvalue weighted by atomic mass is 16.5. The molecule has 2 N–H and O–H groups in total. The topological polar surface area (TPSA) is 64.0 Å². The SMILES string of the molecule is Bc1ccc(Nc2nc3cc(Oc4ccnc(CNC)c4)ccc3n2C)cc1. The van der Waals surface area contributed by atoms with E-state index in [1.165, 1.54) is 5.46 Å². The second-order valence-electron chi connectivity index (χ2n) is 6.75. The highest BCUT2D eigenvalue weighted by Gasteiger charge is 2.10. The molecule has 4 rings (SSSR count). The number of nitrogens with zero attached hydrogens (tertiary/aromatic N) is 3. The molecule has 0 spiro atoms. The minimum Gasteiger partial charge on any atom is -0.457 e. The average molecular weight is 371 g/mol. The minimum atomic E-state index is 0.699. The van der Waals surface area contributed by atoms with Crippen LogP contribution in [0.2, 0.25) is 0 Å². The Balaban J connectivity index is 1.59. The molecule has 0 radical (unpaired) electrons. The van der Waals surface area contributed by atoms with E-state index in [0.29, 0.717) is 6.54 Å². The molecule has 0 amide bonds. The van der Waals surface area contributed by atoms with Gasteiger partial charge in [0.15, 0.2) is 0 Å². The van der Waals surface area contributed by atoms with Crippen molar-refractivity contribution in [3.63, 3.8) is 0 Å². The largest absolute Gasteiger partial charge is 0.457 e. The molecule has 140 valence electrons. The molecule has 4 aromatic rings. The van der Waals surface area contributed by atoms with Crippen LogP contribution >= 0.6 is 0 Å². The van der Waals surface area contributed by atoms with Crippen LogP contribution in [-0.4, -0.2) is 29.4 Å². The van der Waals surface area contributed by atoms with Gasteiger partial charge in [0.25, 0.3) is 0 Å². The lowest BCUT2D eigenvalue weighted by molar-refractivity contribution is 0.481. The molecule has 0 aliphatic heterocycles. The Bertz CT molecular complexity index is 1110. The molecule has 0 aliphatic carbocycles. The standard InChI is InChI=1S/C21H22BN5O/c1-23-13-16-11-18(9-10-24-16)28-17-7-8-20-19(12-17)26-21(27(20)2)25-15-5-3-14(22)4-6-15/h3-12,23H,13,22H2,1-2H3,(H,25,26). The summed E-state index contributed by atoms with van der Waals surface area (Å²) in [5.74, 6) is 2.29. The number of benzene rings is 2. The van der Waals surface area contributed by atoms with Gasteiger partial charge in [-0.15, -0.1) is 0 Å². The molecule has 0 saturated carbocycles. The van der Waals surface area contributed by atoms with E-state index in [-0.39, 0.29) is 0 Å². The van der Waals surface area contributed by atoms with Crippen molar-refractivity contribution in [2.75, 3.05) is 12.4 Å². The zero-order valence-corrected chi connectivity index (χ0v) is 16.2. The summed E-state index contributed by atoms with van der Waals surface area (Å²) in [6.45, 7) is 0.699. The van der Waals surface area contributed by atoms with Gasteiger partial charge in [-0.25, -0.2) is 4.98 Å². The van der Waals surface area contributed by atoms with Crippen LogP contribution in [0, 0.1) is 0 Å². The molecule has 2 aromatic heterocycles. The zero-order chi connectivity index (χ0) is 19.5. The van der Waals surface area contributed by atoms with Crippen LogP contribution in [0.4, 0.5) is 11.6 Å². The van der Waals surface area contributed by atoms with E-state index in [0.717, 1.165) is 39.9 Å². The first-order valence-corrected chi connectivity index (χ1v) is 9.20. The van der Waals surface area contributed by atoms with Gasteiger partial charge < -0.3 is 19.9 Å². The molecule has 7 heteroatoms. The Labute approximate surface area is 165 Å². The summed E-state index contributed by atoms with van der Waals surface area (Å²) in [5.41, 5.74) is 5.08. The number of rotatable bonds is 6. The van der Waals surface area contributed by atoms with Crippen LogP contribution in [0.5, 0.6) is 11.5 Å². The smallest absolute Gasteiger partial charge is 0.208 e. The number of anilines is 2. The van der Waals surface area contributed by atoms with Crippen LogP contribution in [0.1, 0.15) is 5.69 Å². The van der Waals surface area contributed by atoms with Gasteiger partial charge in [0.2, 0.25) is 5.95 Å². The van der Waals surface area contributed by atoms with Crippen molar-refractivity contribution in [3.8, 4) is 11.5 Å². The lowest BCUT2D eigenvalue weighted by Gasteiger charge is -2.07. The summed E-state index contributed by atoms with van der Waals surface area (Å²) in [7, 11) is 5.97. The first kappa shape index (κ1) is 18.1. The first-order valence-electron chi connectivity index (χ1n) is 9.20. The lowest BCUT2D eigenvalue weighted by Crippen LogP contribution is -2.06. The molecule has 0 bridgehead atoms. The summed E-state index contributed by atoms with van der Waals surface area (Å²) in [6.07, 6.45) is 1.75. The van der Waals surface area contributed by atoms with Gasteiger partial charge in [0.1, 0.15) is 19.3 Å². The lowest BCUT2D eigenvalue weighted by atomic mass is 9.96. The van der Waals surface area contributed by atoms with Gasteiger partial charge in [-0.1, -0.05) is 17.6 Å². The van der Waals surface area contributed by atoms with Crippen LogP contribution in [0.3, 0.4) is 0 Å². The average Bonchev–Trinajstić information content (AvgIpc) is 2.99. The summed E-state index contributed by atoms with van der Waals surface area (Å²) in [5, 5.41) is 6.47. The van der Waals surface area contributed by atoms with Crippen molar-refractivity contribution in [2.45, 2.75) is 6.54 Å². The third-order valence-electron chi connectivity index (χ3n) is 4.54. The molecule has 6 nitrogen and oxygen atoms in total. The predicted molar refractivity (Wildman–Crippen MR) is 116 cm³/mol. The second kappa shape index (κ2) is 7.74. The minimum absolute atomic E-state index is 0.699. The molecule has 2 heterocycles. The third kappa shape index (κ3) is 3.84. The monoisotopic (exact) mass is 371 g/mol. The van der Waals surface area contributed by atoms with Gasteiger partial charge in [0.05, 0.1) is 16.7 Å². The Kier molecular flexibility index (Phi) is 4.99. The van der Waals surface area contributed by atoms with E-state index in [1.807, 2.05) is 49.0 Å². The molecule has 2 aromatic carbocycles. The summed E-state index contributed by atoms with van der Waals surface area (Å²) in [6, 6.07) is 18.0. The third-order valence-corrected chi connectivity index (χ3v) is 4.54. The predicted octanol–water partition coefficient (Wildman–Crippen LogP) is 2.48. The first-order chi connectivity index (χ1) is 13.6. The highest BCUT2D eigenvalue weighted by molar-refractivity contribution is 6.32. The number of hydrogen-bond donors (Lipinski definition) is 2. The fourth-order valence-corrected chi connectivity index (χ4v) is 3.05. The normalized spacial score (nSPS) is 10.9. The molecular formula is C21H22BN5O. The van der Waals surface area contributed by atoms with E-state index in [9.17, 15) is 0 Å². The molecule has 0 unspecified atom stereocenters. The maximum absolute atomic E-state index is 6.02. The number of aryl methyl sites for hydroxylation is 1. The number of aromatic nitrogens is 3. The van der Waals surface area contributed by atoms with Gasteiger partial charge in [-0.2, -0.15) is 0 Å². The summed E-state index contributed by atoms with van der Waals surface area (Å²) < 4.78 is 8.05.